The van der Waals surface area contributed by atoms with Gasteiger partial charge in [0.05, 0.1) is 12.3 Å². The highest BCUT2D eigenvalue weighted by molar-refractivity contribution is 7.92. The lowest BCUT2D eigenvalue weighted by Crippen LogP contribution is -2.31. The van der Waals surface area contributed by atoms with Gasteiger partial charge < -0.3 is 5.32 Å². The minimum absolute atomic E-state index is 0.0141. The minimum Gasteiger partial charge on any atom is -0.349 e. The normalized spacial score (nSPS) is 14.2. The van der Waals surface area contributed by atoms with Crippen LogP contribution in [0, 0.1) is 5.92 Å². The van der Waals surface area contributed by atoms with E-state index in [9.17, 15) is 13.2 Å². The number of sulfonamides is 1. The maximum absolute atomic E-state index is 12.1. The van der Waals surface area contributed by atoms with Crippen LogP contribution in [0.3, 0.4) is 0 Å². The van der Waals surface area contributed by atoms with Crippen LogP contribution in [-0.4, -0.2) is 20.6 Å². The van der Waals surface area contributed by atoms with Gasteiger partial charge in [-0.05, 0) is 31.0 Å². The number of amides is 1. The number of benzene rings is 1. The summed E-state index contributed by atoms with van der Waals surface area (Å²) in [6.45, 7) is 5.93. The number of carbonyl (C=O) groups excluding carboxylic acids is 1. The zero-order valence-electron chi connectivity index (χ0n) is 13.7. The van der Waals surface area contributed by atoms with E-state index in [2.05, 4.69) is 17.0 Å². The Balaban J connectivity index is 2.71. The lowest BCUT2D eigenvalue weighted by atomic mass is 10.0. The van der Waals surface area contributed by atoms with Crippen LogP contribution in [-0.2, 0) is 14.8 Å². The fraction of sp³-hybridized carbons (Fsp3) is 0.562. The fourth-order valence-electron chi connectivity index (χ4n) is 2.17. The van der Waals surface area contributed by atoms with Crippen molar-refractivity contribution in [3.8, 4) is 0 Å². The molecule has 1 amide bonds. The molecule has 0 aliphatic rings. The molecule has 124 valence electrons. The van der Waals surface area contributed by atoms with E-state index in [0.717, 1.165) is 31.1 Å². The van der Waals surface area contributed by atoms with E-state index < -0.39 is 10.0 Å². The first kappa shape index (κ1) is 18.5. The second-order valence-electron chi connectivity index (χ2n) is 5.77. The maximum atomic E-state index is 12.1. The van der Waals surface area contributed by atoms with Crippen LogP contribution in [0.15, 0.2) is 24.3 Å². The van der Waals surface area contributed by atoms with Gasteiger partial charge in [-0.1, -0.05) is 38.8 Å². The summed E-state index contributed by atoms with van der Waals surface area (Å²) in [5, 5.41) is 2.98. The molecule has 5 nitrogen and oxygen atoms in total. The van der Waals surface area contributed by atoms with Crippen LogP contribution in [0.25, 0.3) is 0 Å². The van der Waals surface area contributed by atoms with E-state index in [4.69, 9.17) is 0 Å². The van der Waals surface area contributed by atoms with E-state index in [0.29, 0.717) is 5.69 Å². The third-order valence-corrected chi connectivity index (χ3v) is 4.09. The van der Waals surface area contributed by atoms with Crippen molar-refractivity contribution in [1.29, 1.82) is 0 Å². The van der Waals surface area contributed by atoms with Gasteiger partial charge in [-0.15, -0.1) is 0 Å². The molecule has 0 saturated heterocycles. The van der Waals surface area contributed by atoms with Gasteiger partial charge in [0, 0.05) is 11.6 Å². The molecule has 2 N–H and O–H groups in total. The van der Waals surface area contributed by atoms with Crippen molar-refractivity contribution in [2.45, 2.75) is 46.1 Å². The van der Waals surface area contributed by atoms with Crippen molar-refractivity contribution < 1.29 is 13.2 Å². The summed E-state index contributed by atoms with van der Waals surface area (Å²) >= 11 is 0. The smallest absolute Gasteiger partial charge is 0.229 e. The Bertz CT molecular complexity index is 599. The molecule has 0 unspecified atom stereocenters. The summed E-state index contributed by atoms with van der Waals surface area (Å²) in [4.78, 5) is 12.1. The lowest BCUT2D eigenvalue weighted by Gasteiger charge is -2.18. The quantitative estimate of drug-likeness (QED) is 0.771. The lowest BCUT2D eigenvalue weighted by molar-refractivity contribution is -0.125. The fourth-order valence-corrected chi connectivity index (χ4v) is 2.72. The second kappa shape index (κ2) is 8.17. The molecule has 6 heteroatoms. The molecule has 1 aromatic rings. The Hall–Kier alpha value is -1.56. The van der Waals surface area contributed by atoms with Gasteiger partial charge in [-0.25, -0.2) is 8.42 Å². The van der Waals surface area contributed by atoms with Crippen molar-refractivity contribution in [3.05, 3.63) is 29.8 Å². The third-order valence-electron chi connectivity index (χ3n) is 3.49. The van der Waals surface area contributed by atoms with Gasteiger partial charge in [0.1, 0.15) is 0 Å². The Morgan fingerprint density at radius 1 is 1.27 bits per heavy atom. The molecule has 0 fully saturated rings. The van der Waals surface area contributed by atoms with Crippen molar-refractivity contribution in [1.82, 2.24) is 5.32 Å². The van der Waals surface area contributed by atoms with Crippen molar-refractivity contribution >= 4 is 21.6 Å². The second-order valence-corrected chi connectivity index (χ2v) is 7.52. The Kier molecular flexibility index (Phi) is 6.87. The Labute approximate surface area is 133 Å². The minimum atomic E-state index is -3.30. The molecule has 0 aromatic heterocycles. The number of rotatable bonds is 8. The highest BCUT2D eigenvalue weighted by Crippen LogP contribution is 2.19. The molecule has 1 aromatic carbocycles. The summed E-state index contributed by atoms with van der Waals surface area (Å²) in [6.07, 6.45) is 4.11. The van der Waals surface area contributed by atoms with Crippen molar-refractivity contribution in [3.63, 3.8) is 0 Å². The van der Waals surface area contributed by atoms with Gasteiger partial charge >= 0.3 is 0 Å². The predicted octanol–water partition coefficient (Wildman–Crippen LogP) is 3.06. The van der Waals surface area contributed by atoms with E-state index in [1.54, 1.807) is 18.2 Å². The number of unbranched alkanes of at least 4 members (excludes halogenated alkanes) is 1. The van der Waals surface area contributed by atoms with Crippen molar-refractivity contribution in [2.24, 2.45) is 5.92 Å². The number of nitrogens with one attached hydrogen (secondary N) is 2. The molecular weight excluding hydrogens is 300 g/mol. The number of hydrogen-bond donors (Lipinski definition) is 2. The summed E-state index contributed by atoms with van der Waals surface area (Å²) in [5.74, 6) is 0.0159. The van der Waals surface area contributed by atoms with Crippen molar-refractivity contribution in [2.75, 3.05) is 11.0 Å². The molecule has 1 rings (SSSR count). The van der Waals surface area contributed by atoms with Gasteiger partial charge in [-0.3, -0.25) is 9.52 Å². The van der Waals surface area contributed by atoms with Gasteiger partial charge in [0.15, 0.2) is 0 Å². The maximum Gasteiger partial charge on any atom is 0.229 e. The molecule has 2 atom stereocenters. The molecule has 22 heavy (non-hydrogen) atoms. The van der Waals surface area contributed by atoms with Gasteiger partial charge in [0.2, 0.25) is 15.9 Å². The van der Waals surface area contributed by atoms with E-state index in [1.807, 2.05) is 19.9 Å². The summed E-state index contributed by atoms with van der Waals surface area (Å²) in [7, 11) is -3.30. The zero-order chi connectivity index (χ0) is 16.8. The van der Waals surface area contributed by atoms with Crippen LogP contribution in [0.4, 0.5) is 5.69 Å². The van der Waals surface area contributed by atoms with E-state index >= 15 is 0 Å². The first-order chi connectivity index (χ1) is 10.2. The first-order valence-corrected chi connectivity index (χ1v) is 9.50. The molecule has 0 spiro atoms. The third kappa shape index (κ3) is 6.47. The molecule has 0 bridgehead atoms. The largest absolute Gasteiger partial charge is 0.349 e. The summed E-state index contributed by atoms with van der Waals surface area (Å²) in [6, 6.07) is 6.89. The van der Waals surface area contributed by atoms with Crippen LogP contribution < -0.4 is 10.0 Å². The molecule has 0 aliphatic heterocycles. The standard InChI is InChI=1S/C16H26N2O3S/c1-5-6-8-12(2)16(19)17-13(3)14-9-7-10-15(11-14)18-22(4,20)21/h7,9-13,18H,5-6,8H2,1-4H3,(H,17,19)/t12-,13-/m1/s1. The van der Waals surface area contributed by atoms with Crippen LogP contribution in [0.2, 0.25) is 0 Å². The zero-order valence-corrected chi connectivity index (χ0v) is 14.5. The molecule has 0 heterocycles. The SMILES string of the molecule is CCCC[C@@H](C)C(=O)N[C@H](C)c1cccc(NS(C)(=O)=O)c1. The summed E-state index contributed by atoms with van der Waals surface area (Å²) < 4.78 is 25.0. The highest BCUT2D eigenvalue weighted by Gasteiger charge is 2.16. The average Bonchev–Trinajstić information content (AvgIpc) is 2.43. The molecule has 0 saturated carbocycles. The number of hydrogen-bond acceptors (Lipinski definition) is 3. The highest BCUT2D eigenvalue weighted by atomic mass is 32.2. The van der Waals surface area contributed by atoms with E-state index in [1.165, 1.54) is 0 Å². The van der Waals surface area contributed by atoms with Crippen LogP contribution >= 0.6 is 0 Å². The average molecular weight is 326 g/mol. The van der Waals surface area contributed by atoms with E-state index in [-0.39, 0.29) is 17.9 Å². The molecule has 0 aliphatic carbocycles. The first-order valence-electron chi connectivity index (χ1n) is 7.61. The Morgan fingerprint density at radius 2 is 1.95 bits per heavy atom. The number of carbonyl (C=O) groups is 1. The van der Waals surface area contributed by atoms with Crippen LogP contribution in [0.1, 0.15) is 51.6 Å². The number of anilines is 1. The Morgan fingerprint density at radius 3 is 2.55 bits per heavy atom. The molecular formula is C16H26N2O3S. The van der Waals surface area contributed by atoms with Gasteiger partial charge in [-0.2, -0.15) is 0 Å². The van der Waals surface area contributed by atoms with Crippen LogP contribution in [0.5, 0.6) is 0 Å². The summed E-state index contributed by atoms with van der Waals surface area (Å²) in [5.41, 5.74) is 1.37. The topological polar surface area (TPSA) is 75.3 Å². The van der Waals surface area contributed by atoms with Gasteiger partial charge in [0.25, 0.3) is 0 Å². The monoisotopic (exact) mass is 326 g/mol. The molecule has 0 radical (unpaired) electrons. The predicted molar refractivity (Wildman–Crippen MR) is 90.2 cm³/mol.